The smallest absolute Gasteiger partial charge is 0.190 e. The molecule has 23 heavy (non-hydrogen) atoms. The Morgan fingerprint density at radius 3 is 2.61 bits per heavy atom. The van der Waals surface area contributed by atoms with Crippen LogP contribution >= 0.6 is 11.3 Å². The molecule has 109 valence electrons. The molecule has 0 saturated heterocycles. The first-order valence-electron chi connectivity index (χ1n) is 7.09. The number of hydrogen-bond acceptors (Lipinski definition) is 4. The second kappa shape index (κ2) is 5.59. The number of fused-ring (bicyclic) bond motifs is 1. The van der Waals surface area contributed by atoms with E-state index in [1.807, 2.05) is 65.0 Å². The molecule has 0 fully saturated rings. The fourth-order valence-electron chi connectivity index (χ4n) is 2.42. The standard InChI is InChI=1S/C18H11N4S/c19-12-13-8-9-15-16(11-13)22(14-5-2-1-3-6-14)21-18(20-15)17-7-4-10-23-17/h1-11H. The highest BCUT2D eigenvalue weighted by Gasteiger charge is 2.23. The molecule has 0 N–H and O–H groups in total. The van der Waals surface area contributed by atoms with Gasteiger partial charge in [-0.05, 0) is 41.8 Å². The van der Waals surface area contributed by atoms with Gasteiger partial charge in [-0.25, -0.2) is 10.3 Å². The molecule has 2 aromatic carbocycles. The Kier molecular flexibility index (Phi) is 3.30. The number of rotatable bonds is 2. The van der Waals surface area contributed by atoms with Crippen LogP contribution in [0.2, 0.25) is 0 Å². The van der Waals surface area contributed by atoms with E-state index in [-0.39, 0.29) is 0 Å². The van der Waals surface area contributed by atoms with Crippen molar-refractivity contribution in [3.8, 4) is 6.07 Å². The van der Waals surface area contributed by atoms with Crippen LogP contribution in [0.3, 0.4) is 0 Å². The van der Waals surface area contributed by atoms with Gasteiger partial charge < -0.3 is 0 Å². The molecule has 0 bridgehead atoms. The summed E-state index contributed by atoms with van der Waals surface area (Å²) in [5, 5.41) is 22.4. The molecule has 5 heteroatoms. The molecule has 4 nitrogen and oxygen atoms in total. The zero-order valence-electron chi connectivity index (χ0n) is 12.0. The molecule has 1 aliphatic heterocycles. The van der Waals surface area contributed by atoms with Gasteiger partial charge >= 0.3 is 0 Å². The number of anilines is 2. The summed E-state index contributed by atoms with van der Waals surface area (Å²) in [6.07, 6.45) is 0. The Bertz CT molecular complexity index is 908. The van der Waals surface area contributed by atoms with Gasteiger partial charge in [-0.2, -0.15) is 5.26 Å². The van der Waals surface area contributed by atoms with Gasteiger partial charge in [-0.15, -0.1) is 16.4 Å². The van der Waals surface area contributed by atoms with E-state index in [0.29, 0.717) is 11.4 Å². The van der Waals surface area contributed by atoms with Gasteiger partial charge in [0, 0.05) is 0 Å². The predicted molar refractivity (Wildman–Crippen MR) is 92.4 cm³/mol. The largest absolute Gasteiger partial charge is 0.229 e. The minimum absolute atomic E-state index is 0.592. The molecular weight excluding hydrogens is 304 g/mol. The van der Waals surface area contributed by atoms with Crippen molar-refractivity contribution in [3.05, 3.63) is 76.5 Å². The number of hydrazone groups is 1. The molecule has 0 amide bonds. The number of amidine groups is 1. The van der Waals surface area contributed by atoms with Gasteiger partial charge in [0.1, 0.15) is 0 Å². The van der Waals surface area contributed by atoms with Gasteiger partial charge in [0.05, 0.1) is 33.6 Å². The third-order valence-electron chi connectivity index (χ3n) is 3.50. The summed E-state index contributed by atoms with van der Waals surface area (Å²) in [6, 6.07) is 21.5. The van der Waals surface area contributed by atoms with Gasteiger partial charge in [-0.3, -0.25) is 0 Å². The molecule has 2 heterocycles. The lowest BCUT2D eigenvalue weighted by Gasteiger charge is -2.27. The minimum atomic E-state index is 0.592. The average molecular weight is 315 g/mol. The van der Waals surface area contributed by atoms with Crippen LogP contribution in [0, 0.1) is 11.3 Å². The maximum Gasteiger partial charge on any atom is 0.190 e. The van der Waals surface area contributed by atoms with Crippen molar-refractivity contribution in [2.24, 2.45) is 5.10 Å². The zero-order chi connectivity index (χ0) is 15.6. The highest BCUT2D eigenvalue weighted by molar-refractivity contribution is 7.12. The maximum atomic E-state index is 9.16. The monoisotopic (exact) mass is 315 g/mol. The van der Waals surface area contributed by atoms with Crippen LogP contribution in [0.5, 0.6) is 0 Å². The second-order valence-corrected chi connectivity index (χ2v) is 5.92. The van der Waals surface area contributed by atoms with Gasteiger partial charge in [0.25, 0.3) is 0 Å². The zero-order valence-corrected chi connectivity index (χ0v) is 12.9. The molecule has 0 spiro atoms. The van der Waals surface area contributed by atoms with Crippen molar-refractivity contribution < 1.29 is 0 Å². The summed E-state index contributed by atoms with van der Waals surface area (Å²) in [4.78, 5) is 1.01. The van der Waals surface area contributed by atoms with Crippen LogP contribution in [0.1, 0.15) is 10.4 Å². The van der Waals surface area contributed by atoms with Crippen molar-refractivity contribution >= 4 is 34.2 Å². The Hall–Kier alpha value is -3.10. The molecule has 0 aliphatic carbocycles. The Labute approximate surface area is 137 Å². The molecular formula is C18H11N4S. The van der Waals surface area contributed by atoms with Crippen LogP contribution in [-0.2, 0) is 0 Å². The number of thiophene rings is 1. The van der Waals surface area contributed by atoms with E-state index in [9.17, 15) is 0 Å². The Balaban J connectivity index is 1.88. The Morgan fingerprint density at radius 2 is 1.87 bits per heavy atom. The topological polar surface area (TPSA) is 53.5 Å². The van der Waals surface area contributed by atoms with Crippen molar-refractivity contribution in [2.45, 2.75) is 0 Å². The first-order chi connectivity index (χ1) is 11.3. The van der Waals surface area contributed by atoms with Gasteiger partial charge in [0.15, 0.2) is 5.84 Å². The summed E-state index contributed by atoms with van der Waals surface area (Å²) in [5.41, 5.74) is 3.16. The van der Waals surface area contributed by atoms with E-state index in [4.69, 9.17) is 10.4 Å². The minimum Gasteiger partial charge on any atom is -0.229 e. The molecule has 1 radical (unpaired) electrons. The summed E-state index contributed by atoms with van der Waals surface area (Å²) < 4.78 is 0. The Morgan fingerprint density at radius 1 is 1.00 bits per heavy atom. The highest BCUT2D eigenvalue weighted by Crippen LogP contribution is 2.37. The van der Waals surface area contributed by atoms with Gasteiger partial charge in [-0.1, -0.05) is 24.3 Å². The predicted octanol–water partition coefficient (Wildman–Crippen LogP) is 4.37. The van der Waals surface area contributed by atoms with E-state index in [1.54, 1.807) is 17.4 Å². The van der Waals surface area contributed by atoms with Crippen molar-refractivity contribution in [1.29, 1.82) is 5.26 Å². The van der Waals surface area contributed by atoms with Gasteiger partial charge in [0.2, 0.25) is 0 Å². The highest BCUT2D eigenvalue weighted by atomic mass is 32.1. The summed E-state index contributed by atoms with van der Waals surface area (Å²) in [7, 11) is 0. The van der Waals surface area contributed by atoms with Crippen LogP contribution in [0.15, 0.2) is 71.1 Å². The number of nitriles is 1. The van der Waals surface area contributed by atoms with Crippen molar-refractivity contribution in [2.75, 3.05) is 5.01 Å². The summed E-state index contributed by atoms with van der Waals surface area (Å²) in [6.45, 7) is 0. The van der Waals surface area contributed by atoms with Crippen molar-refractivity contribution in [3.63, 3.8) is 0 Å². The first-order valence-corrected chi connectivity index (χ1v) is 7.97. The average Bonchev–Trinajstić information content (AvgIpc) is 3.16. The van der Waals surface area contributed by atoms with Crippen LogP contribution in [-0.4, -0.2) is 5.84 Å². The third-order valence-corrected chi connectivity index (χ3v) is 4.36. The summed E-state index contributed by atoms with van der Waals surface area (Å²) >= 11 is 1.61. The fraction of sp³-hybridized carbons (Fsp3) is 0. The molecule has 0 unspecified atom stereocenters. The summed E-state index contributed by atoms with van der Waals surface area (Å²) in [5.74, 6) is 0.682. The lowest BCUT2D eigenvalue weighted by atomic mass is 10.1. The number of hydrogen-bond donors (Lipinski definition) is 0. The van der Waals surface area contributed by atoms with Crippen LogP contribution < -0.4 is 10.3 Å². The molecule has 1 aromatic heterocycles. The normalized spacial score (nSPS) is 12.8. The quantitative estimate of drug-likeness (QED) is 0.705. The molecule has 4 rings (SSSR count). The maximum absolute atomic E-state index is 9.16. The lowest BCUT2D eigenvalue weighted by molar-refractivity contribution is 1.01. The second-order valence-electron chi connectivity index (χ2n) is 4.98. The van der Waals surface area contributed by atoms with E-state index >= 15 is 0 Å². The molecule has 0 saturated carbocycles. The van der Waals surface area contributed by atoms with E-state index < -0.39 is 0 Å². The van der Waals surface area contributed by atoms with E-state index in [2.05, 4.69) is 11.4 Å². The number of para-hydroxylation sites is 1. The molecule has 0 atom stereocenters. The number of nitrogens with zero attached hydrogens (tertiary/aromatic N) is 4. The lowest BCUT2D eigenvalue weighted by Crippen LogP contribution is -2.25. The van der Waals surface area contributed by atoms with Crippen LogP contribution in [0.4, 0.5) is 17.1 Å². The first kappa shape index (κ1) is 13.6. The number of benzene rings is 2. The van der Waals surface area contributed by atoms with Crippen molar-refractivity contribution in [1.82, 2.24) is 5.32 Å². The van der Waals surface area contributed by atoms with E-state index in [0.717, 1.165) is 21.9 Å². The fourth-order valence-corrected chi connectivity index (χ4v) is 3.07. The third kappa shape index (κ3) is 2.45. The van der Waals surface area contributed by atoms with E-state index in [1.165, 1.54) is 0 Å². The molecule has 1 aliphatic rings. The molecule has 3 aromatic rings. The van der Waals surface area contributed by atoms with Crippen LogP contribution in [0.25, 0.3) is 0 Å². The SMILES string of the molecule is N#Cc1ccc2c(c1)N(c1ccccc1)N=C(c1cccs1)[N]2.